The van der Waals surface area contributed by atoms with Crippen molar-refractivity contribution >= 4 is 11.9 Å². The number of hydrogen-bond acceptors (Lipinski definition) is 5. The van der Waals surface area contributed by atoms with Crippen LogP contribution in [0.2, 0.25) is 0 Å². The van der Waals surface area contributed by atoms with Crippen molar-refractivity contribution in [1.82, 2.24) is 14.9 Å². The number of carbonyl (C=O) groups excluding carboxylic acids is 1. The number of aromatic nitrogens is 2. The lowest BCUT2D eigenvalue weighted by molar-refractivity contribution is -0.130. The third-order valence-corrected chi connectivity index (χ3v) is 6.50. The number of carbonyl (C=O) groups is 1. The van der Waals surface area contributed by atoms with Crippen molar-refractivity contribution in [3.63, 3.8) is 0 Å². The first-order chi connectivity index (χ1) is 15.4. The van der Waals surface area contributed by atoms with Crippen molar-refractivity contribution in [1.29, 1.82) is 0 Å². The molecule has 2 aliphatic rings. The maximum atomic E-state index is 14.3. The number of nitrogens with zero attached hydrogens (tertiary/aromatic N) is 4. The van der Waals surface area contributed by atoms with Gasteiger partial charge in [-0.3, -0.25) is 14.7 Å². The summed E-state index contributed by atoms with van der Waals surface area (Å²) in [6.45, 7) is 1.86. The number of benzene rings is 1. The molecule has 2 atom stereocenters. The van der Waals surface area contributed by atoms with Gasteiger partial charge in [-0.15, -0.1) is 0 Å². The molecule has 0 radical (unpaired) electrons. The summed E-state index contributed by atoms with van der Waals surface area (Å²) in [5.74, 6) is -0.581. The number of hydrogen-bond donors (Lipinski definition) is 1. The molecule has 2 N–H and O–H groups in total. The molecule has 2 aromatic heterocycles. The zero-order valence-corrected chi connectivity index (χ0v) is 18.0. The minimum absolute atomic E-state index is 0.128. The number of amides is 1. The van der Waals surface area contributed by atoms with E-state index in [4.69, 9.17) is 10.7 Å². The van der Waals surface area contributed by atoms with Crippen LogP contribution in [0.15, 0.2) is 65.9 Å². The van der Waals surface area contributed by atoms with Gasteiger partial charge in [0.25, 0.3) is 0 Å². The number of pyridine rings is 2. The van der Waals surface area contributed by atoms with E-state index in [0.717, 1.165) is 5.56 Å². The number of halogens is 1. The highest BCUT2D eigenvalue weighted by Gasteiger charge is 2.48. The van der Waals surface area contributed by atoms with E-state index in [0.29, 0.717) is 22.7 Å². The van der Waals surface area contributed by atoms with Gasteiger partial charge >= 0.3 is 0 Å². The molecule has 162 valence electrons. The van der Waals surface area contributed by atoms with Gasteiger partial charge in [-0.05, 0) is 66.6 Å². The molecule has 1 aliphatic carbocycles. The van der Waals surface area contributed by atoms with Crippen molar-refractivity contribution in [2.45, 2.75) is 37.1 Å². The Morgan fingerprint density at radius 1 is 1.06 bits per heavy atom. The highest BCUT2D eigenvalue weighted by atomic mass is 19.1. The molecule has 0 spiro atoms. The number of rotatable bonds is 4. The fourth-order valence-electron chi connectivity index (χ4n) is 4.45. The van der Waals surface area contributed by atoms with Crippen LogP contribution in [0.1, 0.15) is 48.4 Å². The first-order valence-electron chi connectivity index (χ1n) is 10.7. The maximum Gasteiger partial charge on any atom is 0.239 e. The Bertz CT molecular complexity index is 1220. The molecule has 6 nitrogen and oxygen atoms in total. The van der Waals surface area contributed by atoms with E-state index in [2.05, 4.69) is 22.1 Å². The summed E-state index contributed by atoms with van der Waals surface area (Å²) in [6, 6.07) is 15.0. The van der Waals surface area contributed by atoms with Crippen molar-refractivity contribution < 1.29 is 9.18 Å². The summed E-state index contributed by atoms with van der Waals surface area (Å²) in [6.07, 6.45) is 5.43. The van der Waals surface area contributed by atoms with Crippen molar-refractivity contribution in [3.05, 3.63) is 83.7 Å². The zero-order valence-electron chi connectivity index (χ0n) is 18.0. The van der Waals surface area contributed by atoms with E-state index in [9.17, 15) is 9.18 Å². The van der Waals surface area contributed by atoms with Crippen LogP contribution >= 0.6 is 0 Å². The predicted molar refractivity (Wildman–Crippen MR) is 120 cm³/mol. The Balaban J connectivity index is 1.63. The van der Waals surface area contributed by atoms with E-state index in [1.165, 1.54) is 29.5 Å². The minimum Gasteiger partial charge on any atom is -0.369 e. The van der Waals surface area contributed by atoms with E-state index in [-0.39, 0.29) is 11.9 Å². The Kier molecular flexibility index (Phi) is 4.77. The molecule has 32 heavy (non-hydrogen) atoms. The summed E-state index contributed by atoms with van der Waals surface area (Å²) >= 11 is 0. The molecule has 7 heteroatoms. The van der Waals surface area contributed by atoms with Crippen molar-refractivity contribution in [3.8, 4) is 11.1 Å². The molecule has 3 aromatic rings. The van der Waals surface area contributed by atoms with Gasteiger partial charge in [0.2, 0.25) is 11.9 Å². The van der Waals surface area contributed by atoms with Gasteiger partial charge in [0.15, 0.2) is 5.96 Å². The molecule has 1 fully saturated rings. The minimum atomic E-state index is -1.05. The number of likely N-dealkylation sites (N-methyl/N-ethyl adjacent to an activating group) is 1. The molecule has 1 aliphatic heterocycles. The quantitative estimate of drug-likeness (QED) is 0.637. The number of aliphatic imine (C=N–C) groups is 1. The molecule has 1 saturated carbocycles. The van der Waals surface area contributed by atoms with Gasteiger partial charge in [-0.25, -0.2) is 9.98 Å². The van der Waals surface area contributed by atoms with Crippen LogP contribution in [0, 0.1) is 5.95 Å². The van der Waals surface area contributed by atoms with E-state index in [1.54, 1.807) is 37.5 Å². The van der Waals surface area contributed by atoms with Crippen LogP contribution in [-0.4, -0.2) is 33.8 Å². The van der Waals surface area contributed by atoms with Gasteiger partial charge in [0.05, 0.1) is 11.6 Å². The summed E-state index contributed by atoms with van der Waals surface area (Å²) in [5.41, 5.74) is 8.74. The molecule has 5 rings (SSSR count). The van der Waals surface area contributed by atoms with E-state index < -0.39 is 17.4 Å². The summed E-state index contributed by atoms with van der Waals surface area (Å²) in [7, 11) is 1.63. The average molecular weight is 429 g/mol. The van der Waals surface area contributed by atoms with Crippen molar-refractivity contribution in [2.75, 3.05) is 7.05 Å². The number of guanidine groups is 1. The lowest BCUT2D eigenvalue weighted by Gasteiger charge is -2.40. The first-order valence-corrected chi connectivity index (χ1v) is 10.7. The monoisotopic (exact) mass is 429 g/mol. The molecule has 3 heterocycles. The lowest BCUT2D eigenvalue weighted by atomic mass is 9.76. The summed E-state index contributed by atoms with van der Waals surface area (Å²) in [4.78, 5) is 27.8. The topological polar surface area (TPSA) is 84.5 Å². The van der Waals surface area contributed by atoms with Gasteiger partial charge in [-0.2, -0.15) is 4.39 Å². The van der Waals surface area contributed by atoms with Crippen LogP contribution in [-0.2, 0) is 10.3 Å². The highest BCUT2D eigenvalue weighted by molar-refractivity contribution is 6.02. The maximum absolute atomic E-state index is 14.3. The highest BCUT2D eigenvalue weighted by Crippen LogP contribution is 2.45. The fourth-order valence-corrected chi connectivity index (χ4v) is 4.45. The third kappa shape index (κ3) is 3.34. The van der Waals surface area contributed by atoms with Crippen LogP contribution in [0.5, 0.6) is 0 Å². The second-order valence-electron chi connectivity index (χ2n) is 8.66. The average Bonchev–Trinajstić information content (AvgIpc) is 3.64. The second kappa shape index (κ2) is 7.51. The standard InChI is InChI=1S/C25H24FN5O/c1-25(20-14-18(11-13-28-20)19-4-3-12-29-22(19)26)21(23(32)31(2)24(27)30-25)17-9-7-16(8-10-17)15-5-6-15/h3-4,7-15,21H,5-6H2,1-2H3,(H2,27,30)/t21-,25?/m0/s1. The molecule has 0 saturated heterocycles. The van der Waals surface area contributed by atoms with Crippen LogP contribution in [0.4, 0.5) is 4.39 Å². The number of nitrogens with two attached hydrogens (primary N) is 1. The summed E-state index contributed by atoms with van der Waals surface area (Å²) in [5, 5.41) is 0. The van der Waals surface area contributed by atoms with Gasteiger partial charge in [-0.1, -0.05) is 24.3 Å². The largest absolute Gasteiger partial charge is 0.369 e. The smallest absolute Gasteiger partial charge is 0.239 e. The van der Waals surface area contributed by atoms with Crippen molar-refractivity contribution in [2.24, 2.45) is 10.7 Å². The Hall–Kier alpha value is -3.61. The zero-order chi connectivity index (χ0) is 22.5. The molecular formula is C25H24FN5O. The fraction of sp³-hybridized carbons (Fsp3) is 0.280. The molecular weight excluding hydrogens is 405 g/mol. The van der Waals surface area contributed by atoms with E-state index in [1.807, 2.05) is 19.1 Å². The molecule has 1 unspecified atom stereocenters. The summed E-state index contributed by atoms with van der Waals surface area (Å²) < 4.78 is 14.3. The predicted octanol–water partition coefficient (Wildman–Crippen LogP) is 3.95. The Morgan fingerprint density at radius 3 is 2.47 bits per heavy atom. The molecule has 1 amide bonds. The Morgan fingerprint density at radius 2 is 1.78 bits per heavy atom. The first kappa shape index (κ1) is 20.3. The second-order valence-corrected chi connectivity index (χ2v) is 8.66. The SMILES string of the molecule is CN1C(=O)[C@H](c2ccc(C3CC3)cc2)C(C)(c2cc(-c3cccnc3F)ccn2)N=C1N. The van der Waals surface area contributed by atoms with E-state index >= 15 is 0 Å². The van der Waals surface area contributed by atoms with Gasteiger partial charge in [0.1, 0.15) is 5.54 Å². The van der Waals surface area contributed by atoms with Crippen LogP contribution in [0.3, 0.4) is 0 Å². The molecule has 1 aromatic carbocycles. The Labute approximate surface area is 186 Å². The lowest BCUT2D eigenvalue weighted by Crippen LogP contribution is -2.52. The third-order valence-electron chi connectivity index (χ3n) is 6.50. The normalized spacial score (nSPS) is 23.2. The molecule has 0 bridgehead atoms. The van der Waals surface area contributed by atoms with Crippen LogP contribution < -0.4 is 5.73 Å². The van der Waals surface area contributed by atoms with Crippen LogP contribution in [0.25, 0.3) is 11.1 Å². The van der Waals surface area contributed by atoms with Gasteiger partial charge < -0.3 is 5.73 Å². The van der Waals surface area contributed by atoms with Gasteiger partial charge in [0, 0.05) is 25.0 Å².